The predicted molar refractivity (Wildman–Crippen MR) is 79.2 cm³/mol. The summed E-state index contributed by atoms with van der Waals surface area (Å²) in [6.45, 7) is 4.79. The number of aromatic nitrogens is 1. The van der Waals surface area contributed by atoms with Gasteiger partial charge in [0.05, 0.1) is 12.1 Å². The molecule has 1 amide bonds. The molecule has 0 spiro atoms. The first-order valence-electron chi connectivity index (χ1n) is 7.08. The third-order valence-electron chi connectivity index (χ3n) is 3.75. The molecule has 2 atom stereocenters. The molecule has 2 rings (SSSR count). The van der Waals surface area contributed by atoms with Crippen LogP contribution in [0.25, 0.3) is 0 Å². The van der Waals surface area contributed by atoms with E-state index in [1.807, 2.05) is 20.0 Å². The molecule has 0 radical (unpaired) electrons. The Morgan fingerprint density at radius 2 is 2.30 bits per heavy atom. The van der Waals surface area contributed by atoms with Crippen molar-refractivity contribution in [2.45, 2.75) is 45.3 Å². The second-order valence-corrected chi connectivity index (χ2v) is 5.66. The minimum Gasteiger partial charge on any atom is -0.376 e. The van der Waals surface area contributed by atoms with Crippen molar-refractivity contribution in [2.75, 3.05) is 13.7 Å². The van der Waals surface area contributed by atoms with Crippen LogP contribution in [0.3, 0.4) is 0 Å². The van der Waals surface area contributed by atoms with Crippen LogP contribution in [-0.2, 0) is 11.2 Å². The van der Waals surface area contributed by atoms with E-state index < -0.39 is 0 Å². The number of nitrogens with zero attached hydrogens (tertiary/aromatic N) is 2. The smallest absolute Gasteiger partial charge is 0.254 e. The monoisotopic (exact) mass is 296 g/mol. The first-order valence-corrected chi connectivity index (χ1v) is 7.46. The summed E-state index contributed by atoms with van der Waals surface area (Å²) in [7, 11) is 1.83. The Morgan fingerprint density at radius 3 is 2.90 bits per heavy atom. The average molecular weight is 297 g/mol. The normalized spacial score (nSPS) is 22.0. The molecule has 0 aromatic carbocycles. The summed E-state index contributed by atoms with van der Waals surface area (Å²) in [5.74, 6) is -0.0194. The van der Waals surface area contributed by atoms with Crippen molar-refractivity contribution in [3.05, 3.63) is 28.5 Å². The number of rotatable bonds is 4. The zero-order valence-corrected chi connectivity index (χ0v) is 13.0. The predicted octanol–water partition coefficient (Wildman–Crippen LogP) is 2.94. The van der Waals surface area contributed by atoms with Gasteiger partial charge in [0.2, 0.25) is 0 Å². The highest BCUT2D eigenvalue weighted by Gasteiger charge is 2.31. The standard InChI is InChI=1S/C15H21ClN2O2/c1-4-5-12-8-11(9-14(16)17-12)15(19)18(3)13-6-7-20-10(13)2/h8-10,13H,4-7H2,1-3H3. The SMILES string of the molecule is CCCc1cc(C(=O)N(C)C2CCOC2C)cc(Cl)n1. The number of amides is 1. The fourth-order valence-electron chi connectivity index (χ4n) is 2.64. The number of carbonyl (C=O) groups is 1. The summed E-state index contributed by atoms with van der Waals surface area (Å²) in [5, 5.41) is 0.378. The molecule has 0 bridgehead atoms. The summed E-state index contributed by atoms with van der Waals surface area (Å²) in [6, 6.07) is 3.61. The van der Waals surface area contributed by atoms with Gasteiger partial charge in [-0.1, -0.05) is 24.9 Å². The van der Waals surface area contributed by atoms with E-state index >= 15 is 0 Å². The zero-order valence-electron chi connectivity index (χ0n) is 12.2. The lowest BCUT2D eigenvalue weighted by Crippen LogP contribution is -2.41. The third-order valence-corrected chi connectivity index (χ3v) is 3.95. The Bertz CT molecular complexity index is 493. The molecular weight excluding hydrogens is 276 g/mol. The van der Waals surface area contributed by atoms with Gasteiger partial charge in [-0.05, 0) is 31.9 Å². The van der Waals surface area contributed by atoms with Gasteiger partial charge in [0.25, 0.3) is 5.91 Å². The summed E-state index contributed by atoms with van der Waals surface area (Å²) in [5.41, 5.74) is 1.47. The quantitative estimate of drug-likeness (QED) is 0.802. The van der Waals surface area contributed by atoms with Crippen LogP contribution in [0.5, 0.6) is 0 Å². The summed E-state index contributed by atoms with van der Waals surface area (Å²) >= 11 is 6.02. The lowest BCUT2D eigenvalue weighted by atomic mass is 10.1. The number of halogens is 1. The second-order valence-electron chi connectivity index (χ2n) is 5.27. The first-order chi connectivity index (χ1) is 9.52. The molecule has 1 aromatic rings. The minimum absolute atomic E-state index is 0.0194. The van der Waals surface area contributed by atoms with E-state index in [9.17, 15) is 4.79 Å². The van der Waals surface area contributed by atoms with Crippen LogP contribution in [0.15, 0.2) is 12.1 Å². The van der Waals surface area contributed by atoms with E-state index in [1.54, 1.807) is 11.0 Å². The van der Waals surface area contributed by atoms with Crippen molar-refractivity contribution in [3.63, 3.8) is 0 Å². The van der Waals surface area contributed by atoms with Crippen molar-refractivity contribution < 1.29 is 9.53 Å². The van der Waals surface area contributed by atoms with Crippen LogP contribution in [0.2, 0.25) is 5.15 Å². The topological polar surface area (TPSA) is 42.4 Å². The molecule has 0 N–H and O–H groups in total. The number of ether oxygens (including phenoxy) is 1. The molecule has 1 saturated heterocycles. The van der Waals surface area contributed by atoms with E-state index in [0.29, 0.717) is 17.3 Å². The molecule has 4 nitrogen and oxygen atoms in total. The highest BCUT2D eigenvalue weighted by atomic mass is 35.5. The molecule has 1 aliphatic heterocycles. The molecule has 2 unspecified atom stereocenters. The second kappa shape index (κ2) is 6.55. The van der Waals surface area contributed by atoms with Gasteiger partial charge < -0.3 is 9.64 Å². The fourth-order valence-corrected chi connectivity index (χ4v) is 2.87. The Balaban J connectivity index is 2.19. The van der Waals surface area contributed by atoms with Gasteiger partial charge in [0, 0.05) is 24.9 Å². The number of hydrogen-bond acceptors (Lipinski definition) is 3. The maximum Gasteiger partial charge on any atom is 0.254 e. The number of aryl methyl sites for hydroxylation is 1. The minimum atomic E-state index is -0.0194. The lowest BCUT2D eigenvalue weighted by Gasteiger charge is -2.27. The Labute approximate surface area is 125 Å². The molecular formula is C15H21ClN2O2. The molecule has 0 aliphatic carbocycles. The molecule has 0 saturated carbocycles. The number of pyridine rings is 1. The van der Waals surface area contributed by atoms with E-state index in [-0.39, 0.29) is 18.1 Å². The molecule has 1 aromatic heterocycles. The zero-order chi connectivity index (χ0) is 14.7. The molecule has 5 heteroatoms. The van der Waals surface area contributed by atoms with Gasteiger partial charge in [0.15, 0.2) is 0 Å². The maximum absolute atomic E-state index is 12.6. The summed E-state index contributed by atoms with van der Waals surface area (Å²) < 4.78 is 5.53. The maximum atomic E-state index is 12.6. The van der Waals surface area contributed by atoms with Gasteiger partial charge in [-0.3, -0.25) is 4.79 Å². The van der Waals surface area contributed by atoms with Crippen molar-refractivity contribution in [2.24, 2.45) is 0 Å². The first kappa shape index (κ1) is 15.3. The van der Waals surface area contributed by atoms with Crippen LogP contribution < -0.4 is 0 Å². The van der Waals surface area contributed by atoms with Crippen LogP contribution in [0.1, 0.15) is 42.7 Å². The Morgan fingerprint density at radius 1 is 1.55 bits per heavy atom. The van der Waals surface area contributed by atoms with Crippen molar-refractivity contribution >= 4 is 17.5 Å². The largest absolute Gasteiger partial charge is 0.376 e. The molecule has 1 fully saturated rings. The highest BCUT2D eigenvalue weighted by Crippen LogP contribution is 2.21. The number of hydrogen-bond donors (Lipinski definition) is 0. The summed E-state index contributed by atoms with van der Waals surface area (Å²) in [6.07, 6.45) is 2.76. The van der Waals surface area contributed by atoms with Gasteiger partial charge in [-0.2, -0.15) is 0 Å². The molecule has 20 heavy (non-hydrogen) atoms. The van der Waals surface area contributed by atoms with E-state index in [4.69, 9.17) is 16.3 Å². The molecule has 1 aliphatic rings. The van der Waals surface area contributed by atoms with Gasteiger partial charge in [-0.25, -0.2) is 4.98 Å². The lowest BCUT2D eigenvalue weighted by molar-refractivity contribution is 0.0574. The average Bonchev–Trinajstić information content (AvgIpc) is 2.83. The van der Waals surface area contributed by atoms with Crippen molar-refractivity contribution in [1.29, 1.82) is 0 Å². The van der Waals surface area contributed by atoms with Crippen molar-refractivity contribution in [3.8, 4) is 0 Å². The van der Waals surface area contributed by atoms with E-state index in [1.165, 1.54) is 0 Å². The van der Waals surface area contributed by atoms with Crippen LogP contribution >= 0.6 is 11.6 Å². The van der Waals surface area contributed by atoms with Crippen LogP contribution in [0.4, 0.5) is 0 Å². The Kier molecular flexibility index (Phi) is 5.00. The van der Waals surface area contributed by atoms with Gasteiger partial charge in [0.1, 0.15) is 5.15 Å². The highest BCUT2D eigenvalue weighted by molar-refractivity contribution is 6.29. The molecule has 2 heterocycles. The third kappa shape index (κ3) is 3.30. The molecule has 110 valence electrons. The van der Waals surface area contributed by atoms with Gasteiger partial charge >= 0.3 is 0 Å². The summed E-state index contributed by atoms with van der Waals surface area (Å²) in [4.78, 5) is 18.6. The van der Waals surface area contributed by atoms with E-state index in [2.05, 4.69) is 11.9 Å². The van der Waals surface area contributed by atoms with Gasteiger partial charge in [-0.15, -0.1) is 0 Å². The number of likely N-dealkylation sites (N-methyl/N-ethyl adjacent to an activating group) is 1. The number of carbonyl (C=O) groups excluding carboxylic acids is 1. The fraction of sp³-hybridized carbons (Fsp3) is 0.600. The van der Waals surface area contributed by atoms with Crippen LogP contribution in [-0.4, -0.2) is 41.6 Å². The van der Waals surface area contributed by atoms with E-state index in [0.717, 1.165) is 25.0 Å². The Hall–Kier alpha value is -1.13. The van der Waals surface area contributed by atoms with Crippen molar-refractivity contribution in [1.82, 2.24) is 9.88 Å². The van der Waals surface area contributed by atoms with Crippen LogP contribution in [0, 0.1) is 0 Å².